The Morgan fingerprint density at radius 3 is 2.49 bits per heavy atom. The zero-order valence-electron chi connectivity index (χ0n) is 18.9. The summed E-state index contributed by atoms with van der Waals surface area (Å²) < 4.78 is 7.17. The summed E-state index contributed by atoms with van der Waals surface area (Å²) in [5, 5.41) is 17.4. The van der Waals surface area contributed by atoms with Crippen molar-refractivity contribution in [1.29, 1.82) is 0 Å². The monoisotopic (exact) mass is 466 g/mol. The third-order valence-electron chi connectivity index (χ3n) is 6.06. The van der Waals surface area contributed by atoms with Crippen LogP contribution in [0.3, 0.4) is 0 Å². The highest BCUT2D eigenvalue weighted by Gasteiger charge is 2.48. The number of pyridine rings is 1. The van der Waals surface area contributed by atoms with Gasteiger partial charge >= 0.3 is 6.03 Å². The fraction of sp³-hybridized carbons (Fsp3) is 0.148. The van der Waals surface area contributed by atoms with E-state index in [2.05, 4.69) is 27.5 Å². The van der Waals surface area contributed by atoms with Crippen LogP contribution < -0.4 is 15.4 Å². The first-order chi connectivity index (χ1) is 17.0. The molecule has 0 unspecified atom stereocenters. The SMILES string of the molecule is CC#CCOc1ccc2c(O)n(C[C@@]3(c4ccc(-c5ccncc5)cc4)NC(=O)NC3=O)cc2c1. The average molecular weight is 466 g/mol. The van der Waals surface area contributed by atoms with E-state index in [9.17, 15) is 14.7 Å². The van der Waals surface area contributed by atoms with Gasteiger partial charge < -0.3 is 19.7 Å². The van der Waals surface area contributed by atoms with Crippen molar-refractivity contribution in [1.82, 2.24) is 20.2 Å². The highest BCUT2D eigenvalue weighted by Crippen LogP contribution is 2.35. The van der Waals surface area contributed by atoms with Crippen LogP contribution >= 0.6 is 0 Å². The zero-order valence-corrected chi connectivity index (χ0v) is 18.9. The summed E-state index contributed by atoms with van der Waals surface area (Å²) in [7, 11) is 0. The molecule has 0 aliphatic carbocycles. The van der Waals surface area contributed by atoms with Gasteiger partial charge in [0.25, 0.3) is 5.91 Å². The van der Waals surface area contributed by atoms with E-state index in [-0.39, 0.29) is 19.0 Å². The van der Waals surface area contributed by atoms with Crippen molar-refractivity contribution in [3.63, 3.8) is 0 Å². The number of ether oxygens (including phenoxy) is 1. The fourth-order valence-corrected chi connectivity index (χ4v) is 4.28. The van der Waals surface area contributed by atoms with Gasteiger partial charge in [-0.25, -0.2) is 4.79 Å². The van der Waals surface area contributed by atoms with Crippen LogP contribution in [0.4, 0.5) is 4.79 Å². The number of aromatic hydroxyl groups is 1. The van der Waals surface area contributed by atoms with E-state index >= 15 is 0 Å². The van der Waals surface area contributed by atoms with E-state index in [1.165, 1.54) is 0 Å². The van der Waals surface area contributed by atoms with E-state index in [0.717, 1.165) is 16.5 Å². The standard InChI is InChI=1S/C27H22N4O4/c1-2-3-14-35-22-8-9-23-20(15-22)16-31(24(23)32)17-27(25(33)29-26(34)30-27)21-6-4-18(5-7-21)19-10-12-28-13-11-19/h4-13,15-16,32H,14,17H2,1H3,(H2,29,30,33,34)/t27-/m0/s1. The molecule has 5 rings (SSSR count). The molecule has 8 nitrogen and oxygen atoms in total. The number of nitrogens with one attached hydrogen (secondary N) is 2. The number of imide groups is 1. The summed E-state index contributed by atoms with van der Waals surface area (Å²) in [6.07, 6.45) is 5.15. The van der Waals surface area contributed by atoms with Gasteiger partial charge in [-0.05, 0) is 53.9 Å². The predicted molar refractivity (Wildman–Crippen MR) is 131 cm³/mol. The molecule has 1 atom stereocenters. The quantitative estimate of drug-likeness (QED) is 0.298. The minimum atomic E-state index is -1.39. The maximum Gasteiger partial charge on any atom is 0.322 e. The third kappa shape index (κ3) is 4.04. The second-order valence-corrected chi connectivity index (χ2v) is 8.17. The van der Waals surface area contributed by atoms with Crippen LogP contribution in [0.25, 0.3) is 21.9 Å². The van der Waals surface area contributed by atoms with E-state index in [4.69, 9.17) is 4.74 Å². The lowest BCUT2D eigenvalue weighted by atomic mass is 9.88. The molecule has 2 aromatic heterocycles. The molecule has 1 aliphatic rings. The predicted octanol–water partition coefficient (Wildman–Crippen LogP) is 3.55. The van der Waals surface area contributed by atoms with Gasteiger partial charge in [-0.1, -0.05) is 30.2 Å². The van der Waals surface area contributed by atoms with Gasteiger partial charge in [0.05, 0.1) is 6.54 Å². The van der Waals surface area contributed by atoms with Crippen molar-refractivity contribution < 1.29 is 19.4 Å². The van der Waals surface area contributed by atoms with Gasteiger partial charge in [-0.2, -0.15) is 0 Å². The second kappa shape index (κ2) is 8.88. The highest BCUT2D eigenvalue weighted by molar-refractivity contribution is 6.07. The Balaban J connectivity index is 1.51. The van der Waals surface area contributed by atoms with Crippen LogP contribution in [0.2, 0.25) is 0 Å². The number of carbonyl (C=O) groups is 2. The first-order valence-corrected chi connectivity index (χ1v) is 11.0. The molecule has 4 aromatic rings. The first-order valence-electron chi connectivity index (χ1n) is 11.0. The number of nitrogens with zero attached hydrogens (tertiary/aromatic N) is 2. The zero-order chi connectivity index (χ0) is 24.4. The van der Waals surface area contributed by atoms with Crippen LogP contribution in [0.15, 0.2) is 73.2 Å². The molecule has 3 heterocycles. The lowest BCUT2D eigenvalue weighted by Gasteiger charge is -2.27. The van der Waals surface area contributed by atoms with Gasteiger partial charge in [-0.3, -0.25) is 15.1 Å². The number of hydrogen-bond acceptors (Lipinski definition) is 5. The number of rotatable bonds is 6. The number of benzene rings is 2. The van der Waals surface area contributed by atoms with Crippen molar-refractivity contribution in [3.05, 3.63) is 78.8 Å². The summed E-state index contributed by atoms with van der Waals surface area (Å²) >= 11 is 0. The number of urea groups is 1. The van der Waals surface area contributed by atoms with E-state index < -0.39 is 17.5 Å². The van der Waals surface area contributed by atoms with Crippen LogP contribution in [0.5, 0.6) is 11.6 Å². The minimum Gasteiger partial charge on any atom is -0.494 e. The van der Waals surface area contributed by atoms with Gasteiger partial charge in [0.1, 0.15) is 12.4 Å². The van der Waals surface area contributed by atoms with Crippen molar-refractivity contribution in [2.45, 2.75) is 19.0 Å². The fourth-order valence-electron chi connectivity index (χ4n) is 4.28. The molecule has 0 bridgehead atoms. The third-order valence-corrected chi connectivity index (χ3v) is 6.06. The van der Waals surface area contributed by atoms with Crippen LogP contribution in [0, 0.1) is 11.8 Å². The van der Waals surface area contributed by atoms with Crippen LogP contribution in [-0.4, -0.2) is 33.2 Å². The number of hydrogen-bond donors (Lipinski definition) is 3. The molecule has 1 fully saturated rings. The summed E-state index contributed by atoms with van der Waals surface area (Å²) in [4.78, 5) is 29.3. The Morgan fingerprint density at radius 1 is 1.06 bits per heavy atom. The Kier molecular flexibility index (Phi) is 5.59. The molecule has 8 heteroatoms. The Labute approximate surface area is 201 Å². The summed E-state index contributed by atoms with van der Waals surface area (Å²) in [6.45, 7) is 2.00. The van der Waals surface area contributed by atoms with Crippen molar-refractivity contribution >= 4 is 22.7 Å². The topological polar surface area (TPSA) is 105 Å². The van der Waals surface area contributed by atoms with Crippen molar-refractivity contribution in [2.75, 3.05) is 6.61 Å². The summed E-state index contributed by atoms with van der Waals surface area (Å²) in [6, 6.07) is 15.9. The number of amides is 3. The molecule has 35 heavy (non-hydrogen) atoms. The molecule has 1 saturated heterocycles. The van der Waals surface area contributed by atoms with E-state index in [0.29, 0.717) is 16.7 Å². The molecule has 3 amide bonds. The molecule has 0 saturated carbocycles. The molecule has 174 valence electrons. The lowest BCUT2D eigenvalue weighted by molar-refractivity contribution is -0.124. The summed E-state index contributed by atoms with van der Waals surface area (Å²) in [5.74, 6) is 5.73. The molecular formula is C27H22N4O4. The lowest BCUT2D eigenvalue weighted by Crippen LogP contribution is -2.47. The highest BCUT2D eigenvalue weighted by atomic mass is 16.5. The Morgan fingerprint density at radius 2 is 1.80 bits per heavy atom. The molecular weight excluding hydrogens is 444 g/mol. The number of aromatic nitrogens is 2. The summed E-state index contributed by atoms with van der Waals surface area (Å²) in [5.41, 5.74) is 1.14. The van der Waals surface area contributed by atoms with Crippen LogP contribution in [0.1, 0.15) is 12.5 Å². The van der Waals surface area contributed by atoms with Crippen molar-refractivity contribution in [2.24, 2.45) is 0 Å². The smallest absolute Gasteiger partial charge is 0.322 e. The van der Waals surface area contributed by atoms with Gasteiger partial charge in [0, 0.05) is 29.4 Å². The van der Waals surface area contributed by atoms with Gasteiger partial charge in [0.15, 0.2) is 11.4 Å². The maximum atomic E-state index is 13.1. The minimum absolute atomic E-state index is 0.00279. The van der Waals surface area contributed by atoms with E-state index in [1.807, 2.05) is 36.4 Å². The second-order valence-electron chi connectivity index (χ2n) is 8.17. The normalized spacial score (nSPS) is 16.9. The average Bonchev–Trinajstić information content (AvgIpc) is 3.34. The Bertz CT molecular complexity index is 1480. The molecule has 0 radical (unpaired) electrons. The van der Waals surface area contributed by atoms with Crippen molar-refractivity contribution in [3.8, 4) is 34.6 Å². The van der Waals surface area contributed by atoms with Crippen LogP contribution in [-0.2, 0) is 16.9 Å². The number of carbonyl (C=O) groups excluding carboxylic acids is 2. The Hall–Kier alpha value is -4.77. The molecule has 0 spiro atoms. The molecule has 2 aromatic carbocycles. The first kappa shape index (κ1) is 22.0. The molecule has 3 N–H and O–H groups in total. The van der Waals surface area contributed by atoms with Gasteiger partial charge in [0.2, 0.25) is 0 Å². The molecule has 1 aliphatic heterocycles. The van der Waals surface area contributed by atoms with Gasteiger partial charge in [-0.15, -0.1) is 5.92 Å². The van der Waals surface area contributed by atoms with E-state index in [1.54, 1.807) is 48.3 Å². The largest absolute Gasteiger partial charge is 0.494 e. The maximum absolute atomic E-state index is 13.1. The number of fused-ring (bicyclic) bond motifs is 1.